The van der Waals surface area contributed by atoms with Gasteiger partial charge < -0.3 is 29.7 Å². The summed E-state index contributed by atoms with van der Waals surface area (Å²) in [7, 11) is 0. The molecule has 0 radical (unpaired) electrons. The van der Waals surface area contributed by atoms with Gasteiger partial charge in [0.2, 0.25) is 11.8 Å². The van der Waals surface area contributed by atoms with E-state index in [1.165, 1.54) is 22.9 Å². The van der Waals surface area contributed by atoms with Crippen LogP contribution < -0.4 is 20.3 Å². The van der Waals surface area contributed by atoms with Gasteiger partial charge in [-0.1, -0.05) is 54.6 Å². The SMILES string of the molecule is O=C1CC[C@@H](Nc2ccc(C3CCN(C[C@H]4COC5(CCN(c6ccc([C@@H]7c8ccc(O)cc8OC[C@@H]7c7ccccc7)cc6)CC5)C4)CC3)c(F)c2)C(=O)N1. The molecular formula is C46H51FN4O5. The predicted molar refractivity (Wildman–Crippen MR) is 214 cm³/mol. The van der Waals surface area contributed by atoms with Crippen molar-refractivity contribution in [1.82, 2.24) is 10.2 Å². The van der Waals surface area contributed by atoms with Gasteiger partial charge in [-0.25, -0.2) is 4.39 Å². The molecule has 0 bridgehead atoms. The minimum atomic E-state index is -0.528. The number of ether oxygens (including phenoxy) is 2. The van der Waals surface area contributed by atoms with Crippen LogP contribution in [0.15, 0.2) is 91.0 Å². The largest absolute Gasteiger partial charge is 0.508 e. The smallest absolute Gasteiger partial charge is 0.249 e. The second kappa shape index (κ2) is 15.5. The van der Waals surface area contributed by atoms with Crippen molar-refractivity contribution in [2.45, 2.75) is 74.3 Å². The molecule has 0 unspecified atom stereocenters. The van der Waals surface area contributed by atoms with Crippen LogP contribution in [0.5, 0.6) is 11.5 Å². The summed E-state index contributed by atoms with van der Waals surface area (Å²) < 4.78 is 28.1. The molecule has 4 atom stereocenters. The van der Waals surface area contributed by atoms with Crippen molar-refractivity contribution in [3.05, 3.63) is 119 Å². The number of phenols is 1. The van der Waals surface area contributed by atoms with Crippen LogP contribution in [0.3, 0.4) is 0 Å². The van der Waals surface area contributed by atoms with Crippen molar-refractivity contribution in [3.8, 4) is 11.5 Å². The van der Waals surface area contributed by atoms with Crippen molar-refractivity contribution in [2.75, 3.05) is 56.2 Å². The Balaban J connectivity index is 0.766. The fourth-order valence-corrected chi connectivity index (χ4v) is 10.0. The molecule has 0 saturated carbocycles. The molecule has 292 valence electrons. The van der Waals surface area contributed by atoms with Gasteiger partial charge in [0.05, 0.1) is 18.8 Å². The number of rotatable bonds is 8. The van der Waals surface area contributed by atoms with Gasteiger partial charge in [0, 0.05) is 60.9 Å². The number of fused-ring (bicyclic) bond motifs is 1. The number of phenolic OH excluding ortho intramolecular Hbond substituents is 1. The number of nitrogens with one attached hydrogen (secondary N) is 2. The number of benzene rings is 4. The molecule has 5 aliphatic rings. The number of amides is 2. The van der Waals surface area contributed by atoms with Crippen LogP contribution in [-0.2, 0) is 14.3 Å². The van der Waals surface area contributed by atoms with Gasteiger partial charge in [-0.15, -0.1) is 0 Å². The van der Waals surface area contributed by atoms with Crippen molar-refractivity contribution in [1.29, 1.82) is 0 Å². The van der Waals surface area contributed by atoms with Gasteiger partial charge in [0.25, 0.3) is 0 Å². The zero-order chi connectivity index (χ0) is 38.2. The van der Waals surface area contributed by atoms with Gasteiger partial charge in [-0.3, -0.25) is 14.9 Å². The number of hydrogen-bond acceptors (Lipinski definition) is 8. The highest BCUT2D eigenvalue weighted by Gasteiger charge is 2.43. The van der Waals surface area contributed by atoms with Gasteiger partial charge >= 0.3 is 0 Å². The molecule has 0 aromatic heterocycles. The first kappa shape index (κ1) is 36.7. The summed E-state index contributed by atoms with van der Waals surface area (Å²) in [5.41, 5.74) is 6.11. The Morgan fingerprint density at radius 2 is 1.61 bits per heavy atom. The number of carbonyl (C=O) groups excluding carboxylic acids is 2. The van der Waals surface area contributed by atoms with Crippen molar-refractivity contribution >= 4 is 23.2 Å². The zero-order valence-corrected chi connectivity index (χ0v) is 31.8. The lowest BCUT2D eigenvalue weighted by Crippen LogP contribution is -2.47. The summed E-state index contributed by atoms with van der Waals surface area (Å²) >= 11 is 0. The van der Waals surface area contributed by atoms with Crippen LogP contribution in [0.2, 0.25) is 0 Å². The predicted octanol–water partition coefficient (Wildman–Crippen LogP) is 7.31. The van der Waals surface area contributed by atoms with E-state index in [1.807, 2.05) is 24.3 Å². The van der Waals surface area contributed by atoms with E-state index >= 15 is 4.39 Å². The Bertz CT molecular complexity index is 2040. The molecule has 2 amide bonds. The number of likely N-dealkylation sites (tertiary alicyclic amines) is 1. The Labute approximate surface area is 328 Å². The Morgan fingerprint density at radius 3 is 2.36 bits per heavy atom. The van der Waals surface area contributed by atoms with Crippen LogP contribution in [0.25, 0.3) is 0 Å². The maximum absolute atomic E-state index is 15.3. The molecule has 4 aromatic carbocycles. The van der Waals surface area contributed by atoms with E-state index in [4.69, 9.17) is 9.47 Å². The van der Waals surface area contributed by atoms with Gasteiger partial charge in [-0.05, 0) is 110 Å². The lowest BCUT2D eigenvalue weighted by molar-refractivity contribution is -0.133. The second-order valence-corrected chi connectivity index (χ2v) is 16.6. The second-order valence-electron chi connectivity index (χ2n) is 16.6. The number of piperidine rings is 3. The molecule has 1 spiro atoms. The average molecular weight is 759 g/mol. The number of halogens is 1. The Morgan fingerprint density at radius 1 is 0.839 bits per heavy atom. The number of carbonyl (C=O) groups is 2. The van der Waals surface area contributed by atoms with Crippen LogP contribution in [-0.4, -0.2) is 79.4 Å². The molecule has 0 aliphatic carbocycles. The fourth-order valence-electron chi connectivity index (χ4n) is 10.0. The summed E-state index contributed by atoms with van der Waals surface area (Å²) in [5, 5.41) is 15.6. The molecule has 56 heavy (non-hydrogen) atoms. The normalized spacial score (nSPS) is 25.4. The van der Waals surface area contributed by atoms with Crippen molar-refractivity contribution in [2.24, 2.45) is 5.92 Å². The van der Waals surface area contributed by atoms with E-state index in [9.17, 15) is 14.7 Å². The van der Waals surface area contributed by atoms with Crippen molar-refractivity contribution < 1.29 is 28.6 Å². The number of nitrogens with zero attached hydrogens (tertiary/aromatic N) is 2. The molecule has 9 rings (SSSR count). The first-order valence-corrected chi connectivity index (χ1v) is 20.4. The highest BCUT2D eigenvalue weighted by Crippen LogP contribution is 2.47. The maximum atomic E-state index is 15.3. The molecule has 10 heteroatoms. The van der Waals surface area contributed by atoms with Gasteiger partial charge in [0.1, 0.15) is 23.4 Å². The topological polar surface area (TPSA) is 103 Å². The summed E-state index contributed by atoms with van der Waals surface area (Å²) in [6.45, 7) is 6.22. The monoisotopic (exact) mass is 758 g/mol. The first-order chi connectivity index (χ1) is 27.3. The van der Waals surface area contributed by atoms with Crippen LogP contribution in [0.1, 0.15) is 85.0 Å². The summed E-state index contributed by atoms with van der Waals surface area (Å²) in [5.74, 6) is 1.10. The third-order valence-electron chi connectivity index (χ3n) is 13.1. The molecule has 4 aromatic rings. The minimum Gasteiger partial charge on any atom is -0.508 e. The molecule has 3 N–H and O–H groups in total. The molecule has 4 saturated heterocycles. The molecule has 5 aliphatic heterocycles. The van der Waals surface area contributed by atoms with E-state index in [1.54, 1.807) is 12.1 Å². The number of hydrogen-bond donors (Lipinski definition) is 3. The minimum absolute atomic E-state index is 0.0492. The van der Waals surface area contributed by atoms with Crippen LogP contribution in [0.4, 0.5) is 15.8 Å². The van der Waals surface area contributed by atoms with E-state index in [2.05, 4.69) is 69.0 Å². The molecular weight excluding hydrogens is 708 g/mol. The van der Waals surface area contributed by atoms with E-state index in [0.717, 1.165) is 88.3 Å². The summed E-state index contributed by atoms with van der Waals surface area (Å²) in [4.78, 5) is 28.6. The first-order valence-electron chi connectivity index (χ1n) is 20.4. The lowest BCUT2D eigenvalue weighted by Gasteiger charge is -2.40. The highest BCUT2D eigenvalue weighted by molar-refractivity contribution is 6.01. The van der Waals surface area contributed by atoms with Gasteiger partial charge in [-0.2, -0.15) is 0 Å². The third-order valence-corrected chi connectivity index (χ3v) is 13.1. The fraction of sp³-hybridized carbons (Fsp3) is 0.435. The molecule has 4 fully saturated rings. The lowest BCUT2D eigenvalue weighted by atomic mass is 9.76. The Kier molecular flexibility index (Phi) is 10.2. The van der Waals surface area contributed by atoms with E-state index < -0.39 is 6.04 Å². The van der Waals surface area contributed by atoms with E-state index in [0.29, 0.717) is 24.6 Å². The standard InChI is InChI=1S/C46H51FN4O5/c47-40-24-34(48-41-14-15-43(53)49-45(41)54)8-12-37(40)32-16-20-50(21-17-32)27-30-26-46(56-28-30)18-22-51(23-19-46)35-9-6-33(7-10-35)44-38-13-11-36(52)25-42(38)55-29-39(44)31-4-2-1-3-5-31/h1-13,24-25,30,32,39,41,44,48,52H,14-23,26-29H2,(H,49,53,54)/t30-,39+,41+,44+/m0/s1. The van der Waals surface area contributed by atoms with Crippen LogP contribution >= 0.6 is 0 Å². The Hall–Kier alpha value is -4.93. The van der Waals surface area contributed by atoms with Crippen LogP contribution in [0, 0.1) is 11.7 Å². The summed E-state index contributed by atoms with van der Waals surface area (Å²) in [6, 6.07) is 29.8. The van der Waals surface area contributed by atoms with Crippen molar-refractivity contribution in [3.63, 3.8) is 0 Å². The zero-order valence-electron chi connectivity index (χ0n) is 31.8. The maximum Gasteiger partial charge on any atom is 0.249 e. The quantitative estimate of drug-likeness (QED) is 0.161. The van der Waals surface area contributed by atoms with Gasteiger partial charge in [0.15, 0.2) is 0 Å². The average Bonchev–Trinajstić information content (AvgIpc) is 3.60. The number of imide groups is 1. The molecule has 5 heterocycles. The highest BCUT2D eigenvalue weighted by atomic mass is 19.1. The summed E-state index contributed by atoms with van der Waals surface area (Å²) in [6.07, 6.45) is 5.66. The number of anilines is 2. The third kappa shape index (κ3) is 7.61. The molecule has 9 nitrogen and oxygen atoms in total. The number of aromatic hydroxyl groups is 1. The van der Waals surface area contributed by atoms with E-state index in [-0.39, 0.29) is 53.2 Å².